The van der Waals surface area contributed by atoms with Gasteiger partial charge in [0.1, 0.15) is 17.7 Å². The van der Waals surface area contributed by atoms with Crippen molar-refractivity contribution in [3.8, 4) is 12.1 Å². The van der Waals surface area contributed by atoms with E-state index >= 15 is 0 Å². The van der Waals surface area contributed by atoms with Gasteiger partial charge in [0.25, 0.3) is 0 Å². The van der Waals surface area contributed by atoms with Crippen LogP contribution in [0.2, 0.25) is 0 Å². The van der Waals surface area contributed by atoms with Gasteiger partial charge in [-0.25, -0.2) is 0 Å². The maximum absolute atomic E-state index is 8.72. The van der Waals surface area contributed by atoms with Crippen LogP contribution in [0.3, 0.4) is 0 Å². The fourth-order valence-electron chi connectivity index (χ4n) is 1.93. The quantitative estimate of drug-likeness (QED) is 0.530. The van der Waals surface area contributed by atoms with E-state index in [1.165, 1.54) is 6.42 Å². The second kappa shape index (κ2) is 3.62. The lowest BCUT2D eigenvalue weighted by atomic mass is 9.74. The lowest BCUT2D eigenvalue weighted by Crippen LogP contribution is -2.17. The van der Waals surface area contributed by atoms with E-state index in [0.29, 0.717) is 5.57 Å². The van der Waals surface area contributed by atoms with Crippen molar-refractivity contribution in [2.75, 3.05) is 0 Å². The molecule has 0 bridgehead atoms. The van der Waals surface area contributed by atoms with Crippen LogP contribution in [-0.2, 0) is 0 Å². The van der Waals surface area contributed by atoms with Crippen LogP contribution in [0.25, 0.3) is 0 Å². The highest BCUT2D eigenvalue weighted by Gasteiger charge is 2.25. The van der Waals surface area contributed by atoms with Crippen LogP contribution in [0.1, 0.15) is 39.5 Å². The SMILES string of the molecule is CC1(C)CCCC(=C(C#N)C#N)C1. The van der Waals surface area contributed by atoms with Crippen molar-refractivity contribution in [1.82, 2.24) is 0 Å². The summed E-state index contributed by atoms with van der Waals surface area (Å²) in [7, 11) is 0. The van der Waals surface area contributed by atoms with Crippen LogP contribution in [-0.4, -0.2) is 0 Å². The van der Waals surface area contributed by atoms with Gasteiger partial charge in [0, 0.05) is 0 Å². The predicted octanol–water partition coefficient (Wildman–Crippen LogP) is 2.93. The number of allylic oxidation sites excluding steroid dienone is 2. The summed E-state index contributed by atoms with van der Waals surface area (Å²) < 4.78 is 0. The van der Waals surface area contributed by atoms with Crippen molar-refractivity contribution < 1.29 is 0 Å². The molecule has 0 unspecified atom stereocenters. The first-order chi connectivity index (χ1) is 6.09. The molecule has 1 aliphatic carbocycles. The van der Waals surface area contributed by atoms with E-state index < -0.39 is 0 Å². The predicted molar refractivity (Wildman–Crippen MR) is 50.5 cm³/mol. The van der Waals surface area contributed by atoms with Crippen LogP contribution in [0, 0.1) is 28.1 Å². The molecule has 0 radical (unpaired) electrons. The second-order valence-electron chi connectivity index (χ2n) is 4.40. The Labute approximate surface area is 79.5 Å². The average molecular weight is 174 g/mol. The standard InChI is InChI=1S/C11H14N2/c1-11(2)5-3-4-9(6-11)10(7-12)8-13/h3-6H2,1-2H3. The number of hydrogen-bond donors (Lipinski definition) is 0. The van der Waals surface area contributed by atoms with Crippen LogP contribution in [0.5, 0.6) is 0 Å². The Balaban J connectivity index is 2.91. The van der Waals surface area contributed by atoms with Gasteiger partial charge in [-0.15, -0.1) is 0 Å². The van der Waals surface area contributed by atoms with E-state index in [1.54, 1.807) is 0 Å². The molecule has 1 fully saturated rings. The minimum Gasteiger partial charge on any atom is -0.192 e. The molecule has 0 aromatic carbocycles. The molecule has 1 saturated carbocycles. The van der Waals surface area contributed by atoms with E-state index in [9.17, 15) is 0 Å². The molecule has 13 heavy (non-hydrogen) atoms. The fraction of sp³-hybridized carbons (Fsp3) is 0.636. The maximum Gasteiger partial charge on any atom is 0.128 e. The Hall–Kier alpha value is -1.28. The molecule has 2 heteroatoms. The molecule has 0 amide bonds. The van der Waals surface area contributed by atoms with Gasteiger partial charge in [0.05, 0.1) is 0 Å². The molecule has 1 aliphatic rings. The molecular weight excluding hydrogens is 160 g/mol. The molecule has 0 aliphatic heterocycles. The third-order valence-electron chi connectivity index (χ3n) is 2.60. The third kappa shape index (κ3) is 2.33. The van der Waals surface area contributed by atoms with Gasteiger partial charge in [-0.1, -0.05) is 13.8 Å². The van der Waals surface area contributed by atoms with E-state index in [0.717, 1.165) is 24.8 Å². The van der Waals surface area contributed by atoms with Gasteiger partial charge in [-0.05, 0) is 36.7 Å². The zero-order valence-electron chi connectivity index (χ0n) is 8.22. The fourth-order valence-corrected chi connectivity index (χ4v) is 1.93. The summed E-state index contributed by atoms with van der Waals surface area (Å²) in [5.74, 6) is 0. The molecular formula is C11H14N2. The van der Waals surface area contributed by atoms with Crippen LogP contribution in [0.15, 0.2) is 11.1 Å². The van der Waals surface area contributed by atoms with Gasteiger partial charge in [0.2, 0.25) is 0 Å². The summed E-state index contributed by atoms with van der Waals surface area (Å²) in [6.07, 6.45) is 4.14. The lowest BCUT2D eigenvalue weighted by molar-refractivity contribution is 0.289. The summed E-state index contributed by atoms with van der Waals surface area (Å²) in [5, 5.41) is 17.4. The van der Waals surface area contributed by atoms with Gasteiger partial charge in [-0.2, -0.15) is 10.5 Å². The second-order valence-corrected chi connectivity index (χ2v) is 4.40. The molecule has 0 aromatic rings. The molecule has 0 N–H and O–H groups in total. The highest BCUT2D eigenvalue weighted by Crippen LogP contribution is 2.39. The van der Waals surface area contributed by atoms with E-state index in [-0.39, 0.29) is 5.41 Å². The highest BCUT2D eigenvalue weighted by molar-refractivity contribution is 5.40. The van der Waals surface area contributed by atoms with Crippen molar-refractivity contribution >= 4 is 0 Å². The smallest absolute Gasteiger partial charge is 0.128 e. The van der Waals surface area contributed by atoms with Crippen LogP contribution in [0.4, 0.5) is 0 Å². The zero-order valence-corrected chi connectivity index (χ0v) is 8.22. The molecule has 0 saturated heterocycles. The summed E-state index contributed by atoms with van der Waals surface area (Å²) in [5.41, 5.74) is 1.67. The summed E-state index contributed by atoms with van der Waals surface area (Å²) in [4.78, 5) is 0. The van der Waals surface area contributed by atoms with E-state index in [2.05, 4.69) is 13.8 Å². The first-order valence-electron chi connectivity index (χ1n) is 4.61. The van der Waals surface area contributed by atoms with Crippen LogP contribution < -0.4 is 0 Å². The minimum atomic E-state index is 0.270. The Kier molecular flexibility index (Phi) is 2.73. The molecule has 1 rings (SSSR count). The zero-order chi connectivity index (χ0) is 9.90. The van der Waals surface area contributed by atoms with Crippen molar-refractivity contribution in [3.05, 3.63) is 11.1 Å². The molecule has 0 aromatic heterocycles. The molecule has 0 spiro atoms. The van der Waals surface area contributed by atoms with E-state index in [4.69, 9.17) is 10.5 Å². The van der Waals surface area contributed by atoms with Gasteiger partial charge in [0.15, 0.2) is 0 Å². The Morgan fingerprint density at radius 1 is 1.31 bits per heavy atom. The molecule has 68 valence electrons. The Bertz CT molecular complexity index is 294. The summed E-state index contributed by atoms with van der Waals surface area (Å²) >= 11 is 0. The first kappa shape index (κ1) is 9.81. The maximum atomic E-state index is 8.72. The average Bonchev–Trinajstić information content (AvgIpc) is 2.05. The normalized spacial score (nSPS) is 20.2. The summed E-state index contributed by atoms with van der Waals surface area (Å²) in [6.45, 7) is 4.39. The van der Waals surface area contributed by atoms with Crippen molar-refractivity contribution in [2.24, 2.45) is 5.41 Å². The molecule has 0 heterocycles. The monoisotopic (exact) mass is 174 g/mol. The minimum absolute atomic E-state index is 0.270. The number of nitriles is 2. The van der Waals surface area contributed by atoms with Crippen molar-refractivity contribution in [2.45, 2.75) is 39.5 Å². The molecule has 2 nitrogen and oxygen atoms in total. The lowest BCUT2D eigenvalue weighted by Gasteiger charge is -2.31. The molecule has 0 atom stereocenters. The van der Waals surface area contributed by atoms with Gasteiger partial charge in [-0.3, -0.25) is 0 Å². The van der Waals surface area contributed by atoms with Crippen molar-refractivity contribution in [1.29, 1.82) is 10.5 Å². The highest BCUT2D eigenvalue weighted by atomic mass is 14.3. The Morgan fingerprint density at radius 2 is 1.92 bits per heavy atom. The largest absolute Gasteiger partial charge is 0.192 e. The number of hydrogen-bond acceptors (Lipinski definition) is 2. The first-order valence-corrected chi connectivity index (χ1v) is 4.61. The topological polar surface area (TPSA) is 47.6 Å². The Morgan fingerprint density at radius 3 is 2.38 bits per heavy atom. The third-order valence-corrected chi connectivity index (χ3v) is 2.60. The van der Waals surface area contributed by atoms with Gasteiger partial charge >= 0.3 is 0 Å². The van der Waals surface area contributed by atoms with E-state index in [1.807, 2.05) is 12.1 Å². The number of nitrogens with zero attached hydrogens (tertiary/aromatic N) is 2. The van der Waals surface area contributed by atoms with Crippen LogP contribution >= 0.6 is 0 Å². The van der Waals surface area contributed by atoms with Crippen molar-refractivity contribution in [3.63, 3.8) is 0 Å². The van der Waals surface area contributed by atoms with Gasteiger partial charge < -0.3 is 0 Å². The summed E-state index contributed by atoms with van der Waals surface area (Å²) in [6, 6.07) is 3.96. The number of rotatable bonds is 0.